The van der Waals surface area contributed by atoms with Gasteiger partial charge in [-0.25, -0.2) is 0 Å². The van der Waals surface area contributed by atoms with E-state index in [2.05, 4.69) is 25.1 Å². The minimum Gasteiger partial charge on any atom is -0.497 e. The summed E-state index contributed by atoms with van der Waals surface area (Å²) < 4.78 is 5.25. The van der Waals surface area contributed by atoms with Crippen molar-refractivity contribution in [2.24, 2.45) is 11.7 Å². The second kappa shape index (κ2) is 4.23. The van der Waals surface area contributed by atoms with Gasteiger partial charge in [-0.1, -0.05) is 13.0 Å². The summed E-state index contributed by atoms with van der Waals surface area (Å²) in [5.74, 6) is 2.33. The van der Waals surface area contributed by atoms with Crippen LogP contribution in [0.4, 0.5) is 0 Å². The number of methoxy groups -OCH3 is 1. The summed E-state index contributed by atoms with van der Waals surface area (Å²) >= 11 is 0. The Balaban J connectivity index is 2.30. The van der Waals surface area contributed by atoms with Crippen molar-refractivity contribution in [1.82, 2.24) is 0 Å². The van der Waals surface area contributed by atoms with Crippen molar-refractivity contribution in [1.29, 1.82) is 0 Å². The zero-order valence-electron chi connectivity index (χ0n) is 9.49. The van der Waals surface area contributed by atoms with Crippen molar-refractivity contribution in [3.05, 3.63) is 29.3 Å². The van der Waals surface area contributed by atoms with Gasteiger partial charge in [0.25, 0.3) is 0 Å². The van der Waals surface area contributed by atoms with Crippen molar-refractivity contribution < 1.29 is 4.74 Å². The normalized spacial score (nSPS) is 23.9. The van der Waals surface area contributed by atoms with Crippen molar-refractivity contribution in [2.45, 2.75) is 25.7 Å². The van der Waals surface area contributed by atoms with E-state index >= 15 is 0 Å². The Kier molecular flexibility index (Phi) is 2.96. The molecule has 2 atom stereocenters. The van der Waals surface area contributed by atoms with Crippen molar-refractivity contribution in [3.63, 3.8) is 0 Å². The van der Waals surface area contributed by atoms with Gasteiger partial charge in [0.15, 0.2) is 0 Å². The first-order valence-electron chi connectivity index (χ1n) is 5.63. The SMILES string of the molecule is COc1ccc2c(c1)CC(C)C2CCN. The highest BCUT2D eigenvalue weighted by Gasteiger charge is 2.28. The van der Waals surface area contributed by atoms with Gasteiger partial charge in [0.1, 0.15) is 5.75 Å². The second-order valence-electron chi connectivity index (χ2n) is 4.43. The van der Waals surface area contributed by atoms with Gasteiger partial charge in [-0.2, -0.15) is 0 Å². The van der Waals surface area contributed by atoms with Gasteiger partial charge in [0.2, 0.25) is 0 Å². The molecule has 1 aromatic rings. The van der Waals surface area contributed by atoms with Crippen LogP contribution in [0.15, 0.2) is 18.2 Å². The van der Waals surface area contributed by atoms with Crippen LogP contribution in [-0.4, -0.2) is 13.7 Å². The van der Waals surface area contributed by atoms with E-state index in [-0.39, 0.29) is 0 Å². The van der Waals surface area contributed by atoms with Crippen LogP contribution in [0.5, 0.6) is 5.75 Å². The van der Waals surface area contributed by atoms with Crippen LogP contribution in [0.2, 0.25) is 0 Å². The lowest BCUT2D eigenvalue weighted by Gasteiger charge is -2.15. The van der Waals surface area contributed by atoms with Crippen molar-refractivity contribution in [3.8, 4) is 5.75 Å². The first-order valence-corrected chi connectivity index (χ1v) is 5.63. The van der Waals surface area contributed by atoms with Crippen LogP contribution in [0.3, 0.4) is 0 Å². The Morgan fingerprint density at radius 1 is 1.47 bits per heavy atom. The summed E-state index contributed by atoms with van der Waals surface area (Å²) in [7, 11) is 1.72. The number of hydrogen-bond acceptors (Lipinski definition) is 2. The molecule has 0 saturated carbocycles. The largest absolute Gasteiger partial charge is 0.497 e. The lowest BCUT2D eigenvalue weighted by Crippen LogP contribution is -2.10. The topological polar surface area (TPSA) is 35.2 Å². The molecule has 0 amide bonds. The maximum Gasteiger partial charge on any atom is 0.119 e. The van der Waals surface area contributed by atoms with E-state index in [0.717, 1.165) is 31.1 Å². The van der Waals surface area contributed by atoms with Gasteiger partial charge in [-0.3, -0.25) is 0 Å². The average molecular weight is 205 g/mol. The molecule has 0 aliphatic heterocycles. The van der Waals surface area contributed by atoms with E-state index in [1.165, 1.54) is 11.1 Å². The molecule has 2 N–H and O–H groups in total. The molecule has 1 aliphatic rings. The third kappa shape index (κ3) is 1.86. The van der Waals surface area contributed by atoms with Gasteiger partial charge in [0, 0.05) is 0 Å². The number of rotatable bonds is 3. The van der Waals surface area contributed by atoms with Crippen LogP contribution >= 0.6 is 0 Å². The van der Waals surface area contributed by atoms with Crippen molar-refractivity contribution in [2.75, 3.05) is 13.7 Å². The molecular formula is C13H19NO. The molecule has 1 aliphatic carbocycles. The molecule has 82 valence electrons. The first kappa shape index (κ1) is 10.5. The third-order valence-corrected chi connectivity index (χ3v) is 3.46. The Labute approximate surface area is 91.4 Å². The predicted molar refractivity (Wildman–Crippen MR) is 62.3 cm³/mol. The fourth-order valence-corrected chi connectivity index (χ4v) is 2.66. The fourth-order valence-electron chi connectivity index (χ4n) is 2.66. The van der Waals surface area contributed by atoms with Crippen LogP contribution in [0.25, 0.3) is 0 Å². The number of benzene rings is 1. The van der Waals surface area contributed by atoms with Crippen molar-refractivity contribution >= 4 is 0 Å². The number of ether oxygens (including phenoxy) is 1. The van der Waals surface area contributed by atoms with Crippen LogP contribution in [0.1, 0.15) is 30.4 Å². The van der Waals surface area contributed by atoms with E-state index in [0.29, 0.717) is 5.92 Å². The molecule has 0 saturated heterocycles. The highest BCUT2D eigenvalue weighted by molar-refractivity contribution is 5.41. The second-order valence-corrected chi connectivity index (χ2v) is 4.43. The van der Waals surface area contributed by atoms with E-state index in [9.17, 15) is 0 Å². The molecule has 0 spiro atoms. The van der Waals surface area contributed by atoms with E-state index < -0.39 is 0 Å². The smallest absolute Gasteiger partial charge is 0.119 e. The Morgan fingerprint density at radius 3 is 2.93 bits per heavy atom. The number of nitrogens with two attached hydrogens (primary N) is 1. The summed E-state index contributed by atoms with van der Waals surface area (Å²) in [5.41, 5.74) is 8.58. The molecular weight excluding hydrogens is 186 g/mol. The van der Waals surface area contributed by atoms with Crippen LogP contribution in [0, 0.1) is 5.92 Å². The summed E-state index contributed by atoms with van der Waals surface area (Å²) in [6, 6.07) is 6.43. The van der Waals surface area contributed by atoms with Crippen LogP contribution in [-0.2, 0) is 6.42 Å². The highest BCUT2D eigenvalue weighted by atomic mass is 16.5. The Bertz CT molecular complexity index is 348. The number of fused-ring (bicyclic) bond motifs is 1. The molecule has 0 bridgehead atoms. The van der Waals surface area contributed by atoms with E-state index in [1.54, 1.807) is 7.11 Å². The van der Waals surface area contributed by atoms with E-state index in [4.69, 9.17) is 10.5 Å². The third-order valence-electron chi connectivity index (χ3n) is 3.46. The molecule has 2 unspecified atom stereocenters. The van der Waals surface area contributed by atoms with Gasteiger partial charge in [-0.15, -0.1) is 0 Å². The quantitative estimate of drug-likeness (QED) is 0.822. The summed E-state index contributed by atoms with van der Waals surface area (Å²) in [4.78, 5) is 0. The minimum atomic E-state index is 0.649. The Hall–Kier alpha value is -1.02. The maximum absolute atomic E-state index is 5.66. The monoisotopic (exact) mass is 205 g/mol. The lowest BCUT2D eigenvalue weighted by molar-refractivity contribution is 0.414. The Morgan fingerprint density at radius 2 is 2.27 bits per heavy atom. The summed E-state index contributed by atoms with van der Waals surface area (Å²) in [6.45, 7) is 3.09. The standard InChI is InChI=1S/C13H19NO/c1-9-7-10-8-11(15-2)3-4-13(10)12(9)5-6-14/h3-4,8-9,12H,5-7,14H2,1-2H3. The fraction of sp³-hybridized carbons (Fsp3) is 0.538. The average Bonchev–Trinajstić information content (AvgIpc) is 2.55. The number of hydrogen-bond donors (Lipinski definition) is 1. The summed E-state index contributed by atoms with van der Waals surface area (Å²) in [5, 5.41) is 0. The van der Waals surface area contributed by atoms with Gasteiger partial charge >= 0.3 is 0 Å². The van der Waals surface area contributed by atoms with Gasteiger partial charge in [0.05, 0.1) is 7.11 Å². The zero-order valence-corrected chi connectivity index (χ0v) is 9.49. The predicted octanol–water partition coefficient (Wildman–Crippen LogP) is 2.32. The molecule has 0 radical (unpaired) electrons. The molecule has 0 aromatic heterocycles. The maximum atomic E-state index is 5.66. The molecule has 2 nitrogen and oxygen atoms in total. The molecule has 2 rings (SSSR count). The molecule has 2 heteroatoms. The highest BCUT2D eigenvalue weighted by Crippen LogP contribution is 2.40. The summed E-state index contributed by atoms with van der Waals surface area (Å²) in [6.07, 6.45) is 2.26. The molecule has 1 aromatic carbocycles. The zero-order chi connectivity index (χ0) is 10.8. The van der Waals surface area contributed by atoms with E-state index in [1.807, 2.05) is 0 Å². The van der Waals surface area contributed by atoms with Gasteiger partial charge < -0.3 is 10.5 Å². The van der Waals surface area contributed by atoms with Crippen LogP contribution < -0.4 is 10.5 Å². The van der Waals surface area contributed by atoms with Gasteiger partial charge in [-0.05, 0) is 54.5 Å². The lowest BCUT2D eigenvalue weighted by atomic mass is 9.91. The first-order chi connectivity index (χ1) is 7.26. The molecule has 15 heavy (non-hydrogen) atoms. The molecule has 0 fully saturated rings. The minimum absolute atomic E-state index is 0.649. The molecule has 0 heterocycles.